The van der Waals surface area contributed by atoms with Crippen LogP contribution in [0.25, 0.3) is 6.08 Å². The Morgan fingerprint density at radius 1 is 1.24 bits per heavy atom. The summed E-state index contributed by atoms with van der Waals surface area (Å²) in [6.07, 6.45) is 3.89. The van der Waals surface area contributed by atoms with Crippen LogP contribution in [0.15, 0.2) is 24.3 Å². The van der Waals surface area contributed by atoms with Crippen molar-refractivity contribution < 1.29 is 19.1 Å². The molecule has 0 spiro atoms. The normalized spacial score (nSPS) is 10.8. The van der Waals surface area contributed by atoms with Gasteiger partial charge in [0.1, 0.15) is 5.82 Å². The van der Waals surface area contributed by atoms with Gasteiger partial charge in [-0.25, -0.2) is 9.18 Å². The predicted octanol–water partition coefficient (Wildman–Crippen LogP) is 3.19. The number of aliphatic carboxylic acids is 1. The molecule has 0 unspecified atom stereocenters. The van der Waals surface area contributed by atoms with Gasteiger partial charge in [-0.15, -0.1) is 0 Å². The molecule has 1 aromatic rings. The van der Waals surface area contributed by atoms with Crippen LogP contribution in [0.4, 0.5) is 4.39 Å². The maximum Gasteiger partial charge on any atom is 0.328 e. The molecular formula is C16H20FNO3. The van der Waals surface area contributed by atoms with Gasteiger partial charge in [-0.05, 0) is 36.6 Å². The van der Waals surface area contributed by atoms with Crippen LogP contribution in [-0.2, 0) is 4.79 Å². The van der Waals surface area contributed by atoms with Crippen molar-refractivity contribution in [2.45, 2.75) is 26.7 Å². The van der Waals surface area contributed by atoms with Gasteiger partial charge in [-0.3, -0.25) is 4.79 Å². The zero-order chi connectivity index (χ0) is 15.8. The van der Waals surface area contributed by atoms with Gasteiger partial charge in [0.2, 0.25) is 0 Å². The highest BCUT2D eigenvalue weighted by molar-refractivity contribution is 5.95. The molecule has 0 radical (unpaired) electrons. The molecule has 4 nitrogen and oxygen atoms in total. The third-order valence-electron chi connectivity index (χ3n) is 2.91. The van der Waals surface area contributed by atoms with Gasteiger partial charge in [-0.1, -0.05) is 19.9 Å². The van der Waals surface area contributed by atoms with Gasteiger partial charge in [0.25, 0.3) is 5.91 Å². The number of halogens is 1. The van der Waals surface area contributed by atoms with E-state index in [1.807, 2.05) is 13.8 Å². The average Bonchev–Trinajstić information content (AvgIpc) is 2.45. The highest BCUT2D eigenvalue weighted by Crippen LogP contribution is 2.15. The minimum Gasteiger partial charge on any atom is -0.478 e. The van der Waals surface area contributed by atoms with E-state index in [-0.39, 0.29) is 11.5 Å². The number of carboxylic acid groups (broad SMARTS) is 1. The Labute approximate surface area is 123 Å². The molecule has 0 aliphatic rings. The van der Waals surface area contributed by atoms with Crippen LogP contribution in [0, 0.1) is 5.82 Å². The van der Waals surface area contributed by atoms with Crippen molar-refractivity contribution >= 4 is 18.0 Å². The molecule has 114 valence electrons. The standard InChI is InChI=1S/C16H20FNO3/c1-3-9-18(10-4-2)16(21)13-11-12(5-7-14(13)17)6-8-15(19)20/h5-8,11H,3-4,9-10H2,1-2H3,(H,19,20). The van der Waals surface area contributed by atoms with Gasteiger partial charge in [0.15, 0.2) is 0 Å². The number of carboxylic acids is 1. The van der Waals surface area contributed by atoms with Crippen molar-refractivity contribution in [1.82, 2.24) is 4.90 Å². The van der Waals surface area contributed by atoms with Crippen molar-refractivity contribution in [3.05, 3.63) is 41.2 Å². The van der Waals surface area contributed by atoms with E-state index in [1.165, 1.54) is 24.3 Å². The summed E-state index contributed by atoms with van der Waals surface area (Å²) in [6.45, 7) is 5.05. The van der Waals surface area contributed by atoms with Crippen LogP contribution in [-0.4, -0.2) is 35.0 Å². The Bertz CT molecular complexity index is 534. The number of nitrogens with zero attached hydrogens (tertiary/aromatic N) is 1. The fourth-order valence-corrected chi connectivity index (χ4v) is 2.00. The number of hydrogen-bond acceptors (Lipinski definition) is 2. The number of carbonyl (C=O) groups is 2. The van der Waals surface area contributed by atoms with E-state index in [1.54, 1.807) is 4.90 Å². The first-order valence-electron chi connectivity index (χ1n) is 6.99. The molecule has 0 aliphatic heterocycles. The molecule has 0 aliphatic carbocycles. The Morgan fingerprint density at radius 2 is 1.86 bits per heavy atom. The Morgan fingerprint density at radius 3 is 2.38 bits per heavy atom. The molecule has 0 heterocycles. The monoisotopic (exact) mass is 293 g/mol. The fraction of sp³-hybridized carbons (Fsp3) is 0.375. The van der Waals surface area contributed by atoms with Crippen molar-refractivity contribution in [1.29, 1.82) is 0 Å². The molecule has 1 N–H and O–H groups in total. The molecule has 0 atom stereocenters. The quantitative estimate of drug-likeness (QED) is 0.785. The molecule has 1 aromatic carbocycles. The maximum absolute atomic E-state index is 13.9. The molecule has 21 heavy (non-hydrogen) atoms. The second-order valence-corrected chi connectivity index (χ2v) is 4.70. The van der Waals surface area contributed by atoms with Crippen molar-refractivity contribution in [2.75, 3.05) is 13.1 Å². The van der Waals surface area contributed by atoms with Gasteiger partial charge < -0.3 is 10.0 Å². The average molecular weight is 293 g/mol. The smallest absolute Gasteiger partial charge is 0.328 e. The van der Waals surface area contributed by atoms with Crippen LogP contribution in [0.2, 0.25) is 0 Å². The summed E-state index contributed by atoms with van der Waals surface area (Å²) >= 11 is 0. The highest BCUT2D eigenvalue weighted by atomic mass is 19.1. The highest BCUT2D eigenvalue weighted by Gasteiger charge is 2.18. The van der Waals surface area contributed by atoms with E-state index in [0.29, 0.717) is 18.7 Å². The molecule has 5 heteroatoms. The Balaban J connectivity index is 3.06. The lowest BCUT2D eigenvalue weighted by atomic mass is 10.1. The van der Waals surface area contributed by atoms with Crippen molar-refractivity contribution in [3.63, 3.8) is 0 Å². The number of rotatable bonds is 7. The summed E-state index contributed by atoms with van der Waals surface area (Å²) in [5.41, 5.74) is 0.458. The van der Waals surface area contributed by atoms with E-state index < -0.39 is 11.8 Å². The first-order valence-corrected chi connectivity index (χ1v) is 6.99. The molecule has 0 saturated heterocycles. The number of hydrogen-bond donors (Lipinski definition) is 1. The molecule has 0 saturated carbocycles. The largest absolute Gasteiger partial charge is 0.478 e. The van der Waals surface area contributed by atoms with E-state index in [9.17, 15) is 14.0 Å². The molecule has 0 aromatic heterocycles. The summed E-state index contributed by atoms with van der Waals surface area (Å²) < 4.78 is 13.9. The molecular weight excluding hydrogens is 273 g/mol. The van der Waals surface area contributed by atoms with Crippen molar-refractivity contribution in [3.8, 4) is 0 Å². The lowest BCUT2D eigenvalue weighted by Gasteiger charge is -2.21. The van der Waals surface area contributed by atoms with Crippen LogP contribution < -0.4 is 0 Å². The van der Waals surface area contributed by atoms with Gasteiger partial charge in [0, 0.05) is 19.2 Å². The maximum atomic E-state index is 13.9. The fourth-order valence-electron chi connectivity index (χ4n) is 2.00. The second-order valence-electron chi connectivity index (χ2n) is 4.70. The summed E-state index contributed by atoms with van der Waals surface area (Å²) in [7, 11) is 0. The minimum atomic E-state index is -1.09. The zero-order valence-corrected chi connectivity index (χ0v) is 12.3. The third kappa shape index (κ3) is 5.02. The van der Waals surface area contributed by atoms with Crippen LogP contribution >= 0.6 is 0 Å². The van der Waals surface area contributed by atoms with E-state index >= 15 is 0 Å². The molecule has 1 amide bonds. The zero-order valence-electron chi connectivity index (χ0n) is 12.3. The summed E-state index contributed by atoms with van der Waals surface area (Å²) in [5.74, 6) is -2.04. The lowest BCUT2D eigenvalue weighted by Crippen LogP contribution is -2.33. The topological polar surface area (TPSA) is 57.6 Å². The van der Waals surface area contributed by atoms with Gasteiger partial charge >= 0.3 is 5.97 Å². The summed E-state index contributed by atoms with van der Waals surface area (Å²) in [6, 6.07) is 4.01. The number of benzene rings is 1. The molecule has 0 bridgehead atoms. The third-order valence-corrected chi connectivity index (χ3v) is 2.91. The number of amides is 1. The second kappa shape index (κ2) is 8.19. The van der Waals surface area contributed by atoms with E-state index in [4.69, 9.17) is 5.11 Å². The van der Waals surface area contributed by atoms with Crippen LogP contribution in [0.3, 0.4) is 0 Å². The van der Waals surface area contributed by atoms with Gasteiger partial charge in [-0.2, -0.15) is 0 Å². The van der Waals surface area contributed by atoms with Crippen LogP contribution in [0.1, 0.15) is 42.6 Å². The van der Waals surface area contributed by atoms with Crippen LogP contribution in [0.5, 0.6) is 0 Å². The van der Waals surface area contributed by atoms with Gasteiger partial charge in [0.05, 0.1) is 5.56 Å². The SMILES string of the molecule is CCCN(CCC)C(=O)c1cc(C=CC(=O)O)ccc1F. The Kier molecular flexibility index (Phi) is 6.59. The lowest BCUT2D eigenvalue weighted by molar-refractivity contribution is -0.131. The summed E-state index contributed by atoms with van der Waals surface area (Å²) in [5, 5.41) is 8.60. The Hall–Kier alpha value is -2.17. The molecule has 0 fully saturated rings. The van der Waals surface area contributed by atoms with E-state index in [0.717, 1.165) is 18.9 Å². The van der Waals surface area contributed by atoms with Crippen molar-refractivity contribution in [2.24, 2.45) is 0 Å². The molecule has 1 rings (SSSR count). The first kappa shape index (κ1) is 16.9. The first-order chi connectivity index (χ1) is 9.99. The predicted molar refractivity (Wildman–Crippen MR) is 79.6 cm³/mol. The summed E-state index contributed by atoms with van der Waals surface area (Å²) in [4.78, 5) is 24.5. The minimum absolute atomic E-state index is 0.0237. The van der Waals surface area contributed by atoms with E-state index in [2.05, 4.69) is 0 Å². The number of carbonyl (C=O) groups excluding carboxylic acids is 1.